The summed E-state index contributed by atoms with van der Waals surface area (Å²) in [4.78, 5) is 14.6. The van der Waals surface area contributed by atoms with Crippen LogP contribution in [-0.4, -0.2) is 30.2 Å². The number of rotatable bonds is 3. The first-order valence-corrected chi connectivity index (χ1v) is 10.5. The summed E-state index contributed by atoms with van der Waals surface area (Å²) in [6.45, 7) is 2.02. The molecule has 2 aliphatic heterocycles. The standard InChI is InChI=1S/C26H24NO3/c28-25(20-9-5-2-6-10-20)27-15-13-21(14-16-27)26-29-18-23-17-22(11-12-24(23)30-26)19-7-3-1-4-8-19/h1-3,5-12,17,21,26H,13-16,18H2. The van der Waals surface area contributed by atoms with Gasteiger partial charge in [0.25, 0.3) is 5.91 Å². The Morgan fingerprint density at radius 2 is 1.80 bits per heavy atom. The first kappa shape index (κ1) is 18.9. The van der Waals surface area contributed by atoms with Crippen molar-refractivity contribution in [2.75, 3.05) is 13.1 Å². The van der Waals surface area contributed by atoms with Crippen LogP contribution in [0.4, 0.5) is 0 Å². The number of hydrogen-bond donors (Lipinski definition) is 0. The molecule has 0 bridgehead atoms. The first-order valence-electron chi connectivity index (χ1n) is 10.5. The van der Waals surface area contributed by atoms with E-state index >= 15 is 0 Å². The third-order valence-electron chi connectivity index (χ3n) is 5.98. The highest BCUT2D eigenvalue weighted by atomic mass is 16.7. The topological polar surface area (TPSA) is 38.8 Å². The first-order chi connectivity index (χ1) is 14.8. The molecule has 0 aliphatic carbocycles. The predicted molar refractivity (Wildman–Crippen MR) is 115 cm³/mol. The molecule has 0 N–H and O–H groups in total. The average Bonchev–Trinajstić information content (AvgIpc) is 2.84. The highest BCUT2D eigenvalue weighted by molar-refractivity contribution is 5.94. The summed E-state index contributed by atoms with van der Waals surface area (Å²) >= 11 is 0. The lowest BCUT2D eigenvalue weighted by Crippen LogP contribution is -2.44. The molecule has 1 radical (unpaired) electrons. The summed E-state index contributed by atoms with van der Waals surface area (Å²) in [7, 11) is 0. The van der Waals surface area contributed by atoms with Gasteiger partial charge in [-0.3, -0.25) is 4.79 Å². The van der Waals surface area contributed by atoms with E-state index in [4.69, 9.17) is 9.47 Å². The number of nitrogens with zero attached hydrogens (tertiary/aromatic N) is 1. The van der Waals surface area contributed by atoms with Gasteiger partial charge in [0.1, 0.15) is 5.75 Å². The molecule has 1 atom stereocenters. The molecular weight excluding hydrogens is 374 g/mol. The van der Waals surface area contributed by atoms with Gasteiger partial charge in [0.15, 0.2) is 0 Å². The third-order valence-corrected chi connectivity index (χ3v) is 5.98. The fourth-order valence-electron chi connectivity index (χ4n) is 4.26. The Labute approximate surface area is 177 Å². The molecule has 151 valence electrons. The number of carbonyl (C=O) groups is 1. The smallest absolute Gasteiger partial charge is 0.253 e. The lowest BCUT2D eigenvalue weighted by molar-refractivity contribution is -0.148. The summed E-state index contributed by atoms with van der Waals surface area (Å²) in [6, 6.07) is 26.8. The maximum Gasteiger partial charge on any atom is 0.253 e. The van der Waals surface area contributed by atoms with E-state index in [0.29, 0.717) is 12.5 Å². The molecule has 3 aromatic rings. The number of likely N-dealkylation sites (tertiary alicyclic amines) is 1. The number of fused-ring (bicyclic) bond motifs is 1. The van der Waals surface area contributed by atoms with Gasteiger partial charge in [-0.1, -0.05) is 42.5 Å². The number of amides is 1. The van der Waals surface area contributed by atoms with Crippen molar-refractivity contribution in [3.63, 3.8) is 0 Å². The number of benzene rings is 3. The highest BCUT2D eigenvalue weighted by Crippen LogP contribution is 2.35. The molecule has 1 amide bonds. The van der Waals surface area contributed by atoms with Gasteiger partial charge in [0.2, 0.25) is 6.29 Å². The Hall–Kier alpha value is -3.11. The minimum Gasteiger partial charge on any atom is -0.464 e. The Bertz CT molecular complexity index is 1010. The Morgan fingerprint density at radius 3 is 2.57 bits per heavy atom. The van der Waals surface area contributed by atoms with Crippen molar-refractivity contribution in [1.29, 1.82) is 0 Å². The van der Waals surface area contributed by atoms with Crippen LogP contribution >= 0.6 is 0 Å². The minimum absolute atomic E-state index is 0.107. The zero-order chi connectivity index (χ0) is 20.3. The zero-order valence-corrected chi connectivity index (χ0v) is 16.8. The monoisotopic (exact) mass is 398 g/mol. The van der Waals surface area contributed by atoms with E-state index < -0.39 is 0 Å². The molecule has 4 heteroatoms. The lowest BCUT2D eigenvalue weighted by atomic mass is 9.94. The van der Waals surface area contributed by atoms with E-state index in [1.807, 2.05) is 59.5 Å². The molecule has 1 unspecified atom stereocenters. The van der Waals surface area contributed by atoms with Crippen molar-refractivity contribution in [1.82, 2.24) is 4.90 Å². The van der Waals surface area contributed by atoms with E-state index in [0.717, 1.165) is 53.9 Å². The van der Waals surface area contributed by atoms with Crippen molar-refractivity contribution in [3.05, 3.63) is 90.0 Å². The molecule has 0 aromatic heterocycles. The van der Waals surface area contributed by atoms with E-state index in [2.05, 4.69) is 24.3 Å². The van der Waals surface area contributed by atoms with Gasteiger partial charge < -0.3 is 14.4 Å². The summed E-state index contributed by atoms with van der Waals surface area (Å²) in [5.74, 6) is 1.30. The summed E-state index contributed by atoms with van der Waals surface area (Å²) in [5.41, 5.74) is 4.10. The second kappa shape index (κ2) is 8.33. The molecule has 0 spiro atoms. The normalized spacial score (nSPS) is 19.1. The van der Waals surface area contributed by atoms with Crippen molar-refractivity contribution in [2.45, 2.75) is 25.7 Å². The number of ether oxygens (including phenoxy) is 2. The SMILES string of the molecule is O=C(c1ccccc1)N1CCC(C2OCc3cc(-c4c[c]ccc4)ccc3O2)CC1. The Morgan fingerprint density at radius 1 is 0.967 bits per heavy atom. The molecular formula is C26H24NO3. The molecule has 3 aromatic carbocycles. The van der Waals surface area contributed by atoms with Crippen LogP contribution in [0.25, 0.3) is 11.1 Å². The third kappa shape index (κ3) is 3.83. The molecule has 30 heavy (non-hydrogen) atoms. The van der Waals surface area contributed by atoms with Crippen LogP contribution < -0.4 is 4.74 Å². The van der Waals surface area contributed by atoms with Gasteiger partial charge in [0.05, 0.1) is 6.61 Å². The molecule has 2 aliphatic rings. The Balaban J connectivity index is 1.21. The molecule has 2 heterocycles. The van der Waals surface area contributed by atoms with E-state index in [9.17, 15) is 4.79 Å². The van der Waals surface area contributed by atoms with Crippen LogP contribution in [0, 0.1) is 12.0 Å². The van der Waals surface area contributed by atoms with Gasteiger partial charge >= 0.3 is 0 Å². The van der Waals surface area contributed by atoms with Crippen LogP contribution in [0.1, 0.15) is 28.8 Å². The van der Waals surface area contributed by atoms with Crippen LogP contribution in [-0.2, 0) is 11.3 Å². The fourth-order valence-corrected chi connectivity index (χ4v) is 4.26. The lowest BCUT2D eigenvalue weighted by Gasteiger charge is -2.37. The number of piperidine rings is 1. The summed E-state index contributed by atoms with van der Waals surface area (Å²) < 4.78 is 12.3. The van der Waals surface area contributed by atoms with Crippen molar-refractivity contribution in [2.24, 2.45) is 5.92 Å². The number of hydrogen-bond acceptors (Lipinski definition) is 3. The molecule has 5 rings (SSSR count). The second-order valence-corrected chi connectivity index (χ2v) is 7.91. The second-order valence-electron chi connectivity index (χ2n) is 7.91. The van der Waals surface area contributed by atoms with Crippen molar-refractivity contribution < 1.29 is 14.3 Å². The van der Waals surface area contributed by atoms with Crippen LogP contribution in [0.15, 0.2) is 72.8 Å². The van der Waals surface area contributed by atoms with Gasteiger partial charge in [0, 0.05) is 30.1 Å². The van der Waals surface area contributed by atoms with Gasteiger partial charge in [-0.15, -0.1) is 0 Å². The molecule has 4 nitrogen and oxygen atoms in total. The Kier molecular flexibility index (Phi) is 5.24. The zero-order valence-electron chi connectivity index (χ0n) is 16.8. The molecule has 0 saturated carbocycles. The van der Waals surface area contributed by atoms with Gasteiger partial charge in [-0.2, -0.15) is 0 Å². The molecule has 1 fully saturated rings. The average molecular weight is 398 g/mol. The summed E-state index contributed by atoms with van der Waals surface area (Å²) in [6.07, 6.45) is 1.52. The fraction of sp³-hybridized carbons (Fsp3) is 0.269. The largest absolute Gasteiger partial charge is 0.464 e. The summed E-state index contributed by atoms with van der Waals surface area (Å²) in [5, 5.41) is 0. The molecule has 1 saturated heterocycles. The van der Waals surface area contributed by atoms with Crippen molar-refractivity contribution in [3.8, 4) is 16.9 Å². The van der Waals surface area contributed by atoms with Gasteiger partial charge in [-0.25, -0.2) is 0 Å². The van der Waals surface area contributed by atoms with E-state index in [1.54, 1.807) is 0 Å². The maximum atomic E-state index is 12.7. The predicted octanol–water partition coefficient (Wildman–Crippen LogP) is 4.94. The van der Waals surface area contributed by atoms with Gasteiger partial charge in [-0.05, 0) is 60.4 Å². The van der Waals surface area contributed by atoms with Crippen molar-refractivity contribution >= 4 is 5.91 Å². The quantitative estimate of drug-likeness (QED) is 0.627. The van der Waals surface area contributed by atoms with Crippen LogP contribution in [0.5, 0.6) is 5.75 Å². The maximum absolute atomic E-state index is 12.7. The minimum atomic E-state index is -0.248. The van der Waals surface area contributed by atoms with E-state index in [1.165, 1.54) is 0 Å². The van der Waals surface area contributed by atoms with Crippen LogP contribution in [0.2, 0.25) is 0 Å². The van der Waals surface area contributed by atoms with E-state index in [-0.39, 0.29) is 12.2 Å². The highest BCUT2D eigenvalue weighted by Gasteiger charge is 2.33. The number of carbonyl (C=O) groups excluding carboxylic acids is 1. The van der Waals surface area contributed by atoms with Crippen LogP contribution in [0.3, 0.4) is 0 Å².